The first-order valence-electron chi connectivity index (χ1n) is 20.9. The highest BCUT2D eigenvalue weighted by atomic mass is 16.3. The Hall–Kier alpha value is -1.62. The summed E-state index contributed by atoms with van der Waals surface area (Å²) in [7, 11) is 0. The molecule has 8 saturated carbocycles. The van der Waals surface area contributed by atoms with Crippen molar-refractivity contribution >= 4 is 11.6 Å². The van der Waals surface area contributed by atoms with Gasteiger partial charge in [-0.2, -0.15) is 0 Å². The molecule has 8 aliphatic rings. The molecule has 0 aliphatic heterocycles. The molecule has 0 saturated heterocycles. The lowest BCUT2D eigenvalue weighted by Gasteiger charge is -2.61. The number of fused-ring (bicyclic) bond motifs is 10. The van der Waals surface area contributed by atoms with Gasteiger partial charge in [0.05, 0.1) is 0 Å². The van der Waals surface area contributed by atoms with Crippen molar-refractivity contribution in [2.75, 3.05) is 0 Å². The summed E-state index contributed by atoms with van der Waals surface area (Å²) in [4.78, 5) is 24.4. The monoisotopic (exact) mass is 685 g/mol. The maximum atomic E-state index is 12.2. The van der Waals surface area contributed by atoms with E-state index in [1.807, 2.05) is 13.8 Å². The highest BCUT2D eigenvalue weighted by Gasteiger charge is 2.63. The number of hydrogen-bond acceptors (Lipinski definition) is 4. The van der Waals surface area contributed by atoms with Crippen molar-refractivity contribution < 1.29 is 19.8 Å². The maximum Gasteiger partial charge on any atom is 0.133 e. The van der Waals surface area contributed by atoms with E-state index in [0.29, 0.717) is 46.1 Å². The number of Topliss-reactive ketones (excluding diaryl/α,β-unsaturated/α-hetero) is 2. The molecule has 0 spiro atoms. The lowest BCUT2D eigenvalue weighted by molar-refractivity contribution is -0.144. The Morgan fingerprint density at radius 2 is 0.860 bits per heavy atom. The second-order valence-corrected chi connectivity index (χ2v) is 20.6. The lowest BCUT2D eigenvalue weighted by atomic mass is 9.44. The van der Waals surface area contributed by atoms with Crippen molar-refractivity contribution in [2.24, 2.45) is 80.8 Å². The number of terminal acetylenes is 2. The SMILES string of the molecule is C#C[C@@]1(O)CC[C@@]2(C)[C@@H](CC[C@@H]3[C@@H]2CC[C@]2(C)[C@@H](C(C)=O)CC[C@@H]32)C1.C#C[C@@]1(O)CC[C@@]2(C)[C@@H](CC[C@@H]3[C@@H]2CC[C@]2(C)[C@@H](C(C)=O)CC[C@@H]32)C1. The van der Waals surface area contributed by atoms with E-state index in [4.69, 9.17) is 12.8 Å². The Morgan fingerprint density at radius 3 is 1.20 bits per heavy atom. The van der Waals surface area contributed by atoms with E-state index < -0.39 is 11.2 Å². The van der Waals surface area contributed by atoms with E-state index >= 15 is 0 Å². The predicted octanol–water partition coefficient (Wildman–Crippen LogP) is 9.20. The average molecular weight is 685 g/mol. The van der Waals surface area contributed by atoms with Crippen molar-refractivity contribution in [1.29, 1.82) is 0 Å². The molecule has 8 rings (SSSR count). The Balaban J connectivity index is 0.000000157. The largest absolute Gasteiger partial charge is 0.378 e. The van der Waals surface area contributed by atoms with Crippen molar-refractivity contribution in [2.45, 2.75) is 168 Å². The minimum Gasteiger partial charge on any atom is -0.378 e. The molecular formula is C46H68O4. The van der Waals surface area contributed by atoms with Gasteiger partial charge >= 0.3 is 0 Å². The molecule has 0 aromatic rings. The summed E-state index contributed by atoms with van der Waals surface area (Å²) in [6.07, 6.45) is 31.1. The zero-order valence-corrected chi connectivity index (χ0v) is 32.4. The summed E-state index contributed by atoms with van der Waals surface area (Å²) in [5, 5.41) is 21.3. The Kier molecular flexibility index (Phi) is 9.16. The van der Waals surface area contributed by atoms with Crippen LogP contribution < -0.4 is 0 Å². The molecule has 8 aliphatic carbocycles. The third-order valence-corrected chi connectivity index (χ3v) is 19.0. The molecule has 0 bridgehead atoms. The van der Waals surface area contributed by atoms with Crippen LogP contribution in [0.2, 0.25) is 0 Å². The molecule has 0 aromatic carbocycles. The van der Waals surface area contributed by atoms with Crippen LogP contribution >= 0.6 is 0 Å². The molecule has 0 amide bonds. The van der Waals surface area contributed by atoms with Crippen LogP contribution in [0.5, 0.6) is 0 Å². The first kappa shape index (κ1) is 36.7. The summed E-state index contributed by atoms with van der Waals surface area (Å²) in [6, 6.07) is 0. The second kappa shape index (κ2) is 12.5. The first-order valence-corrected chi connectivity index (χ1v) is 20.9. The topological polar surface area (TPSA) is 74.6 Å². The molecule has 4 heteroatoms. The molecule has 4 nitrogen and oxygen atoms in total. The summed E-state index contributed by atoms with van der Waals surface area (Å²) in [5.74, 6) is 12.5. The molecule has 0 radical (unpaired) electrons. The van der Waals surface area contributed by atoms with Gasteiger partial charge in [0.1, 0.15) is 22.8 Å². The van der Waals surface area contributed by atoms with E-state index in [2.05, 4.69) is 39.5 Å². The fourth-order valence-corrected chi connectivity index (χ4v) is 16.1. The minimum absolute atomic E-state index is 0.240. The van der Waals surface area contributed by atoms with Crippen LogP contribution in [-0.2, 0) is 9.59 Å². The zero-order valence-electron chi connectivity index (χ0n) is 32.4. The number of aliphatic hydroxyl groups is 2. The van der Waals surface area contributed by atoms with E-state index in [9.17, 15) is 19.8 Å². The van der Waals surface area contributed by atoms with Crippen molar-refractivity contribution in [1.82, 2.24) is 0 Å². The number of carbonyl (C=O) groups is 2. The van der Waals surface area contributed by atoms with Gasteiger partial charge in [-0.05, 0) is 198 Å². The van der Waals surface area contributed by atoms with E-state index in [-0.39, 0.29) is 10.8 Å². The summed E-state index contributed by atoms with van der Waals surface area (Å²) in [5.41, 5.74) is -0.585. The van der Waals surface area contributed by atoms with E-state index in [1.165, 1.54) is 64.2 Å². The van der Waals surface area contributed by atoms with Crippen molar-refractivity contribution in [3.05, 3.63) is 0 Å². The highest BCUT2D eigenvalue weighted by molar-refractivity contribution is 5.80. The highest BCUT2D eigenvalue weighted by Crippen LogP contribution is 2.69. The van der Waals surface area contributed by atoms with Crippen molar-refractivity contribution in [3.8, 4) is 24.7 Å². The van der Waals surface area contributed by atoms with Crippen LogP contribution in [0, 0.1) is 106 Å². The third kappa shape index (κ3) is 5.45. The quantitative estimate of drug-likeness (QED) is 0.285. The van der Waals surface area contributed by atoms with Gasteiger partial charge in [0.25, 0.3) is 0 Å². The smallest absolute Gasteiger partial charge is 0.133 e. The molecule has 0 aromatic heterocycles. The third-order valence-electron chi connectivity index (χ3n) is 19.0. The standard InChI is InChI=1S/2C23H34O2/c2*1-5-23(25)13-12-21(3)16(14-23)6-7-17-19-9-8-18(15(2)24)22(19,4)11-10-20(17)21/h2*1,16-20,25H,6-14H2,2-4H3/t2*16-,17-,18+,19-,20-,21-,22+,23+/m00/s1. The molecule has 0 unspecified atom stereocenters. The molecular weight excluding hydrogens is 617 g/mol. The fourth-order valence-electron chi connectivity index (χ4n) is 16.1. The Bertz CT molecular complexity index is 1340. The van der Waals surface area contributed by atoms with Crippen molar-refractivity contribution in [3.63, 3.8) is 0 Å². The van der Waals surface area contributed by atoms with Crippen LogP contribution in [0.25, 0.3) is 0 Å². The van der Waals surface area contributed by atoms with E-state index in [0.717, 1.165) is 86.9 Å². The maximum absolute atomic E-state index is 12.2. The molecule has 2 N–H and O–H groups in total. The normalized spacial score (nSPS) is 54.8. The van der Waals surface area contributed by atoms with Crippen LogP contribution in [0.4, 0.5) is 0 Å². The van der Waals surface area contributed by atoms with Gasteiger partial charge in [-0.1, -0.05) is 39.5 Å². The number of rotatable bonds is 2. The predicted molar refractivity (Wildman–Crippen MR) is 199 cm³/mol. The number of hydrogen-bond donors (Lipinski definition) is 2. The summed E-state index contributed by atoms with van der Waals surface area (Å²) >= 11 is 0. The molecule has 0 heterocycles. The van der Waals surface area contributed by atoms with E-state index in [1.54, 1.807) is 0 Å². The minimum atomic E-state index is -0.868. The van der Waals surface area contributed by atoms with Gasteiger partial charge in [-0.3, -0.25) is 9.59 Å². The molecule has 8 fully saturated rings. The average Bonchev–Trinajstić information content (AvgIpc) is 3.63. The zero-order chi connectivity index (χ0) is 36.1. The van der Waals surface area contributed by atoms with Crippen LogP contribution in [0.1, 0.15) is 157 Å². The molecule has 50 heavy (non-hydrogen) atoms. The van der Waals surface area contributed by atoms with Gasteiger partial charge in [0, 0.05) is 11.8 Å². The van der Waals surface area contributed by atoms with Gasteiger partial charge in [-0.25, -0.2) is 0 Å². The van der Waals surface area contributed by atoms with Gasteiger partial charge in [-0.15, -0.1) is 12.8 Å². The summed E-state index contributed by atoms with van der Waals surface area (Å²) < 4.78 is 0. The Morgan fingerprint density at radius 1 is 0.500 bits per heavy atom. The van der Waals surface area contributed by atoms with Gasteiger partial charge in [0.15, 0.2) is 0 Å². The lowest BCUT2D eigenvalue weighted by Crippen LogP contribution is -2.55. The van der Waals surface area contributed by atoms with Crippen LogP contribution in [0.3, 0.4) is 0 Å². The first-order chi connectivity index (χ1) is 23.5. The molecule has 276 valence electrons. The van der Waals surface area contributed by atoms with Gasteiger partial charge in [0.2, 0.25) is 0 Å². The number of carbonyl (C=O) groups excluding carboxylic acids is 2. The molecule has 16 atom stereocenters. The second-order valence-electron chi connectivity index (χ2n) is 20.6. The number of ketones is 2. The van der Waals surface area contributed by atoms with Crippen LogP contribution in [-0.4, -0.2) is 33.0 Å². The van der Waals surface area contributed by atoms with Gasteiger partial charge < -0.3 is 10.2 Å². The Labute approximate surface area is 304 Å². The summed E-state index contributed by atoms with van der Waals surface area (Å²) in [6.45, 7) is 13.4. The fraction of sp³-hybridized carbons (Fsp3) is 0.870. The van der Waals surface area contributed by atoms with Crippen LogP contribution in [0.15, 0.2) is 0 Å².